The van der Waals surface area contributed by atoms with Gasteiger partial charge in [-0.15, -0.1) is 0 Å². The van der Waals surface area contributed by atoms with E-state index in [4.69, 9.17) is 4.52 Å². The van der Waals surface area contributed by atoms with Crippen molar-refractivity contribution in [1.29, 1.82) is 0 Å². The maximum atomic E-state index is 12.6. The lowest BCUT2D eigenvalue weighted by atomic mass is 10.2. The van der Waals surface area contributed by atoms with Gasteiger partial charge in [0.2, 0.25) is 0 Å². The highest BCUT2D eigenvalue weighted by Gasteiger charge is 2.34. The minimum Gasteiger partial charge on any atom is -0.360 e. The van der Waals surface area contributed by atoms with Crippen molar-refractivity contribution in [3.63, 3.8) is 0 Å². The van der Waals surface area contributed by atoms with Crippen molar-refractivity contribution in [3.8, 4) is 0 Å². The standard InChI is InChI=1S/C15H19N5O4S/c1-3-20(11-4-5-25(22,23)9-11)15(21)12-7-17-14(8-16-12)18-13-6-10(2)24-19-13/h6-8,11H,3-5,9H2,1-2H3,(H,17,18,19). The highest BCUT2D eigenvalue weighted by Crippen LogP contribution is 2.20. The van der Waals surface area contributed by atoms with Gasteiger partial charge in [-0.05, 0) is 20.3 Å². The lowest BCUT2D eigenvalue weighted by Gasteiger charge is -2.26. The Hall–Kier alpha value is -2.49. The normalized spacial score (nSPS) is 18.9. The average Bonchev–Trinajstić information content (AvgIpc) is 3.14. The maximum Gasteiger partial charge on any atom is 0.274 e. The van der Waals surface area contributed by atoms with Crippen LogP contribution in [-0.4, -0.2) is 58.4 Å². The summed E-state index contributed by atoms with van der Waals surface area (Å²) in [5.74, 6) is 1.39. The molecule has 2 aromatic rings. The zero-order valence-electron chi connectivity index (χ0n) is 14.0. The largest absolute Gasteiger partial charge is 0.360 e. The Kier molecular flexibility index (Phi) is 4.71. The molecule has 1 N–H and O–H groups in total. The molecule has 1 saturated heterocycles. The van der Waals surface area contributed by atoms with E-state index in [0.717, 1.165) is 0 Å². The fraction of sp³-hybridized carbons (Fsp3) is 0.467. The Balaban J connectivity index is 1.71. The second-order valence-electron chi connectivity index (χ2n) is 5.88. The monoisotopic (exact) mass is 365 g/mol. The van der Waals surface area contributed by atoms with Crippen LogP contribution >= 0.6 is 0 Å². The van der Waals surface area contributed by atoms with E-state index < -0.39 is 9.84 Å². The van der Waals surface area contributed by atoms with Gasteiger partial charge in [0.25, 0.3) is 5.91 Å². The molecule has 1 aliphatic rings. The van der Waals surface area contributed by atoms with Gasteiger partial charge < -0.3 is 14.7 Å². The molecule has 3 rings (SSSR count). The third kappa shape index (κ3) is 3.95. The highest BCUT2D eigenvalue weighted by molar-refractivity contribution is 7.91. The molecular formula is C15H19N5O4S. The van der Waals surface area contributed by atoms with Crippen molar-refractivity contribution in [3.05, 3.63) is 29.9 Å². The summed E-state index contributed by atoms with van der Waals surface area (Å²) < 4.78 is 28.3. The van der Waals surface area contributed by atoms with E-state index in [-0.39, 0.29) is 29.1 Å². The van der Waals surface area contributed by atoms with Gasteiger partial charge in [0.05, 0.1) is 23.9 Å². The summed E-state index contributed by atoms with van der Waals surface area (Å²) in [6.07, 6.45) is 3.25. The summed E-state index contributed by atoms with van der Waals surface area (Å²) >= 11 is 0. The first-order valence-corrected chi connectivity index (χ1v) is 9.74. The van der Waals surface area contributed by atoms with Crippen LogP contribution in [0.5, 0.6) is 0 Å². The summed E-state index contributed by atoms with van der Waals surface area (Å²) in [6, 6.07) is 1.40. The molecule has 3 heterocycles. The van der Waals surface area contributed by atoms with E-state index in [1.165, 1.54) is 12.4 Å². The van der Waals surface area contributed by atoms with Crippen LogP contribution in [0.3, 0.4) is 0 Å². The van der Waals surface area contributed by atoms with Gasteiger partial charge in [0.15, 0.2) is 15.7 Å². The van der Waals surface area contributed by atoms with Gasteiger partial charge in [0.1, 0.15) is 17.3 Å². The van der Waals surface area contributed by atoms with Crippen LogP contribution in [0, 0.1) is 6.92 Å². The van der Waals surface area contributed by atoms with Crippen molar-refractivity contribution < 1.29 is 17.7 Å². The van der Waals surface area contributed by atoms with Gasteiger partial charge in [-0.2, -0.15) is 0 Å². The fourth-order valence-corrected chi connectivity index (χ4v) is 4.53. The Bertz CT molecular complexity index is 862. The Morgan fingerprint density at radius 3 is 2.68 bits per heavy atom. The van der Waals surface area contributed by atoms with Crippen molar-refractivity contribution >= 4 is 27.4 Å². The molecule has 0 bridgehead atoms. The summed E-state index contributed by atoms with van der Waals surface area (Å²) in [4.78, 5) is 22.5. The molecule has 1 aliphatic heterocycles. The quantitative estimate of drug-likeness (QED) is 0.839. The van der Waals surface area contributed by atoms with Crippen LogP contribution in [0.15, 0.2) is 23.0 Å². The number of anilines is 2. The molecule has 0 spiro atoms. The predicted molar refractivity (Wildman–Crippen MR) is 90.3 cm³/mol. The van der Waals surface area contributed by atoms with Gasteiger partial charge in [-0.25, -0.2) is 18.4 Å². The minimum absolute atomic E-state index is 0.00512. The van der Waals surface area contributed by atoms with Crippen molar-refractivity contribution in [2.75, 3.05) is 23.4 Å². The molecule has 9 nitrogen and oxygen atoms in total. The van der Waals surface area contributed by atoms with Gasteiger partial charge in [0, 0.05) is 18.7 Å². The molecule has 0 aliphatic carbocycles. The van der Waals surface area contributed by atoms with Crippen LogP contribution in [0.2, 0.25) is 0 Å². The zero-order valence-corrected chi connectivity index (χ0v) is 14.8. The predicted octanol–water partition coefficient (Wildman–Crippen LogP) is 1.17. The number of aryl methyl sites for hydroxylation is 1. The molecule has 1 unspecified atom stereocenters. The number of carbonyl (C=O) groups is 1. The number of hydrogen-bond acceptors (Lipinski definition) is 8. The van der Waals surface area contributed by atoms with Crippen LogP contribution in [0.4, 0.5) is 11.6 Å². The Morgan fingerprint density at radius 2 is 2.16 bits per heavy atom. The number of rotatable bonds is 5. The number of amides is 1. The third-order valence-electron chi connectivity index (χ3n) is 4.01. The molecule has 1 amide bonds. The van der Waals surface area contributed by atoms with Crippen LogP contribution in [0.1, 0.15) is 29.6 Å². The first kappa shape index (κ1) is 17.3. The minimum atomic E-state index is -3.06. The molecule has 134 valence electrons. The van der Waals surface area contributed by atoms with Gasteiger partial charge >= 0.3 is 0 Å². The average molecular weight is 365 g/mol. The van der Waals surface area contributed by atoms with Crippen molar-refractivity contribution in [2.24, 2.45) is 0 Å². The molecule has 2 aromatic heterocycles. The zero-order chi connectivity index (χ0) is 18.0. The second-order valence-corrected chi connectivity index (χ2v) is 8.11. The molecule has 1 atom stereocenters. The molecule has 0 saturated carbocycles. The van der Waals surface area contributed by atoms with Crippen molar-refractivity contribution in [1.82, 2.24) is 20.0 Å². The van der Waals surface area contributed by atoms with Crippen LogP contribution in [0.25, 0.3) is 0 Å². The SMILES string of the molecule is CCN(C(=O)c1cnc(Nc2cc(C)on2)cn1)C1CCS(=O)(=O)C1. The van der Waals surface area contributed by atoms with Crippen LogP contribution in [-0.2, 0) is 9.84 Å². The van der Waals surface area contributed by atoms with Crippen molar-refractivity contribution in [2.45, 2.75) is 26.3 Å². The Labute approximate surface area is 145 Å². The van der Waals surface area contributed by atoms with E-state index >= 15 is 0 Å². The fourth-order valence-electron chi connectivity index (χ4n) is 2.80. The van der Waals surface area contributed by atoms with E-state index in [9.17, 15) is 13.2 Å². The second kappa shape index (κ2) is 6.79. The number of nitrogens with one attached hydrogen (secondary N) is 1. The van der Waals surface area contributed by atoms with E-state index in [1.807, 2.05) is 6.92 Å². The smallest absolute Gasteiger partial charge is 0.274 e. The van der Waals surface area contributed by atoms with Gasteiger partial charge in [-0.3, -0.25) is 4.79 Å². The molecule has 0 radical (unpaired) electrons. The number of aromatic nitrogens is 3. The summed E-state index contributed by atoms with van der Waals surface area (Å²) in [7, 11) is -3.06. The number of sulfone groups is 1. The first-order valence-electron chi connectivity index (χ1n) is 7.92. The molecule has 10 heteroatoms. The van der Waals surface area contributed by atoms with E-state index in [2.05, 4.69) is 20.4 Å². The summed E-state index contributed by atoms with van der Waals surface area (Å²) in [5.41, 5.74) is 0.174. The lowest BCUT2D eigenvalue weighted by molar-refractivity contribution is 0.0702. The Morgan fingerprint density at radius 1 is 1.36 bits per heavy atom. The molecule has 25 heavy (non-hydrogen) atoms. The summed E-state index contributed by atoms with van der Waals surface area (Å²) in [5, 5.41) is 6.71. The van der Waals surface area contributed by atoms with E-state index in [1.54, 1.807) is 17.9 Å². The van der Waals surface area contributed by atoms with E-state index in [0.29, 0.717) is 30.4 Å². The highest BCUT2D eigenvalue weighted by atomic mass is 32.2. The first-order chi connectivity index (χ1) is 11.9. The van der Waals surface area contributed by atoms with Gasteiger partial charge in [-0.1, -0.05) is 5.16 Å². The topological polar surface area (TPSA) is 118 Å². The third-order valence-corrected chi connectivity index (χ3v) is 5.76. The number of carbonyl (C=O) groups excluding carboxylic acids is 1. The molecule has 1 fully saturated rings. The molecular weight excluding hydrogens is 346 g/mol. The maximum absolute atomic E-state index is 12.6. The number of hydrogen-bond donors (Lipinski definition) is 1. The molecule has 0 aromatic carbocycles. The van der Waals surface area contributed by atoms with Crippen LogP contribution < -0.4 is 5.32 Å². The number of nitrogens with zero attached hydrogens (tertiary/aromatic N) is 4. The summed E-state index contributed by atoms with van der Waals surface area (Å²) in [6.45, 7) is 4.01. The lowest BCUT2D eigenvalue weighted by Crippen LogP contribution is -2.41.